The van der Waals surface area contributed by atoms with Crippen molar-refractivity contribution in [3.05, 3.63) is 34.6 Å². The summed E-state index contributed by atoms with van der Waals surface area (Å²) in [5.74, 6) is -0.615. The van der Waals surface area contributed by atoms with Gasteiger partial charge < -0.3 is 15.2 Å². The lowest BCUT2D eigenvalue weighted by molar-refractivity contribution is -0.0718. The molecule has 2 N–H and O–H groups in total. The van der Waals surface area contributed by atoms with Gasteiger partial charge in [-0.05, 0) is 71.0 Å². The average molecular weight is 501 g/mol. The summed E-state index contributed by atoms with van der Waals surface area (Å²) in [5.41, 5.74) is -1.87. The average Bonchev–Trinajstić information content (AvgIpc) is 2.83. The van der Waals surface area contributed by atoms with Gasteiger partial charge in [0.05, 0.1) is 10.6 Å². The fourth-order valence-corrected chi connectivity index (χ4v) is 6.43. The highest BCUT2D eigenvalue weighted by Crippen LogP contribution is 2.44. The molecule has 1 heterocycles. The lowest BCUT2D eigenvalue weighted by atomic mass is 9.73. The first-order valence-corrected chi connectivity index (χ1v) is 13.4. The first kappa shape index (κ1) is 27.8. The summed E-state index contributed by atoms with van der Waals surface area (Å²) in [4.78, 5) is 2.36. The maximum absolute atomic E-state index is 15.7. The standard InChI is InChI=1S/C27H43ClF2N2O2/c1-31-19-22(18-26(30)13-4-3-5-14-26)32-16-9-10-21(20-32)27(33,15-6-7-17-34-2)23-11-8-12-24(29)25(23)28/h8,11-12,21-22,31,33H,3-7,9-10,13-20H2,1-2H3/t21-,22?,27+/m1/s1. The Hall–Kier alpha value is -0.790. The van der Waals surface area contributed by atoms with Crippen LogP contribution in [0.5, 0.6) is 0 Å². The summed E-state index contributed by atoms with van der Waals surface area (Å²) in [6.45, 7) is 2.86. The van der Waals surface area contributed by atoms with E-state index < -0.39 is 17.1 Å². The second-order valence-electron chi connectivity index (χ2n) is 10.4. The number of likely N-dealkylation sites (tertiary alicyclic amines) is 1. The molecular formula is C27H43ClF2N2O2. The molecule has 1 saturated heterocycles. The molecule has 194 valence electrons. The fourth-order valence-electron chi connectivity index (χ4n) is 6.14. The normalized spacial score (nSPS) is 24.0. The number of piperidine rings is 1. The largest absolute Gasteiger partial charge is 0.385 e. The Kier molecular flexibility index (Phi) is 10.6. The molecular weight excluding hydrogens is 458 g/mol. The van der Waals surface area contributed by atoms with Crippen LogP contribution in [-0.4, -0.2) is 62.1 Å². The number of likely N-dealkylation sites (N-methyl/N-ethyl adjacent to an activating group) is 1. The molecule has 2 fully saturated rings. The number of hydrogen-bond acceptors (Lipinski definition) is 4. The first-order valence-electron chi connectivity index (χ1n) is 13.1. The van der Waals surface area contributed by atoms with E-state index in [4.69, 9.17) is 16.3 Å². The fraction of sp³-hybridized carbons (Fsp3) is 0.778. The Bertz CT molecular complexity index is 762. The molecule has 1 saturated carbocycles. The highest BCUT2D eigenvalue weighted by molar-refractivity contribution is 6.31. The van der Waals surface area contributed by atoms with Crippen molar-refractivity contribution in [2.75, 3.05) is 40.4 Å². The zero-order valence-corrected chi connectivity index (χ0v) is 21.7. The molecule has 34 heavy (non-hydrogen) atoms. The van der Waals surface area contributed by atoms with E-state index in [0.29, 0.717) is 50.9 Å². The van der Waals surface area contributed by atoms with E-state index in [0.717, 1.165) is 51.5 Å². The van der Waals surface area contributed by atoms with Crippen LogP contribution in [0.15, 0.2) is 18.2 Å². The molecule has 0 amide bonds. The number of nitrogens with one attached hydrogen (secondary N) is 1. The van der Waals surface area contributed by atoms with Crippen molar-refractivity contribution in [3.8, 4) is 0 Å². The number of benzene rings is 1. The van der Waals surface area contributed by atoms with Crippen molar-refractivity contribution < 1.29 is 18.6 Å². The Morgan fingerprint density at radius 1 is 1.26 bits per heavy atom. The molecule has 1 aromatic carbocycles. The lowest BCUT2D eigenvalue weighted by Gasteiger charge is -2.46. The van der Waals surface area contributed by atoms with Gasteiger partial charge in [-0.3, -0.25) is 4.90 Å². The van der Waals surface area contributed by atoms with E-state index in [2.05, 4.69) is 10.2 Å². The summed E-state index contributed by atoms with van der Waals surface area (Å²) >= 11 is 6.40. The van der Waals surface area contributed by atoms with Crippen LogP contribution in [0.25, 0.3) is 0 Å². The predicted molar refractivity (Wildman–Crippen MR) is 135 cm³/mol. The van der Waals surface area contributed by atoms with Gasteiger partial charge in [0.15, 0.2) is 0 Å². The Morgan fingerprint density at radius 2 is 2.03 bits per heavy atom. The van der Waals surface area contributed by atoms with E-state index in [1.54, 1.807) is 19.2 Å². The highest BCUT2D eigenvalue weighted by atomic mass is 35.5. The monoisotopic (exact) mass is 500 g/mol. The number of rotatable bonds is 12. The van der Waals surface area contributed by atoms with Crippen LogP contribution in [0.2, 0.25) is 5.02 Å². The molecule has 3 atom stereocenters. The minimum absolute atomic E-state index is 0.00514. The highest BCUT2D eigenvalue weighted by Gasteiger charge is 2.44. The van der Waals surface area contributed by atoms with Crippen LogP contribution in [0.3, 0.4) is 0 Å². The quantitative estimate of drug-likeness (QED) is 0.353. The van der Waals surface area contributed by atoms with Crippen molar-refractivity contribution in [2.45, 2.75) is 87.9 Å². The Morgan fingerprint density at radius 3 is 2.74 bits per heavy atom. The molecule has 0 bridgehead atoms. The van der Waals surface area contributed by atoms with Crippen molar-refractivity contribution in [3.63, 3.8) is 0 Å². The Labute approximate surface area is 209 Å². The Balaban J connectivity index is 1.82. The molecule has 3 rings (SSSR count). The third-order valence-corrected chi connectivity index (χ3v) is 8.39. The second kappa shape index (κ2) is 13.0. The third-order valence-electron chi connectivity index (χ3n) is 8.01. The molecule has 0 aromatic heterocycles. The number of nitrogens with zero attached hydrogens (tertiary/aromatic N) is 1. The molecule has 1 aliphatic heterocycles. The summed E-state index contributed by atoms with van der Waals surface area (Å²) < 4.78 is 35.3. The van der Waals surface area contributed by atoms with Crippen LogP contribution >= 0.6 is 11.6 Å². The van der Waals surface area contributed by atoms with Gasteiger partial charge in [0.1, 0.15) is 11.5 Å². The molecule has 0 spiro atoms. The van der Waals surface area contributed by atoms with E-state index in [9.17, 15) is 9.50 Å². The van der Waals surface area contributed by atoms with Crippen molar-refractivity contribution in [1.29, 1.82) is 0 Å². The molecule has 1 aliphatic carbocycles. The maximum Gasteiger partial charge on any atom is 0.142 e. The second-order valence-corrected chi connectivity index (χ2v) is 10.8. The van der Waals surface area contributed by atoms with Gasteiger partial charge in [-0.15, -0.1) is 0 Å². The minimum Gasteiger partial charge on any atom is -0.385 e. The van der Waals surface area contributed by atoms with Crippen molar-refractivity contribution >= 4 is 11.6 Å². The van der Waals surface area contributed by atoms with E-state index in [1.807, 2.05) is 7.05 Å². The minimum atomic E-state index is -1.24. The van der Waals surface area contributed by atoms with Gasteiger partial charge >= 0.3 is 0 Å². The number of hydrogen-bond donors (Lipinski definition) is 2. The number of halogens is 3. The van der Waals surface area contributed by atoms with Gasteiger partial charge in [0.25, 0.3) is 0 Å². The summed E-state index contributed by atoms with van der Waals surface area (Å²) in [6, 6.07) is 4.77. The molecule has 2 aliphatic rings. The number of alkyl halides is 1. The van der Waals surface area contributed by atoms with Crippen LogP contribution in [0, 0.1) is 11.7 Å². The zero-order chi connectivity index (χ0) is 24.6. The van der Waals surface area contributed by atoms with E-state index >= 15 is 4.39 Å². The first-order chi connectivity index (χ1) is 16.3. The van der Waals surface area contributed by atoms with E-state index in [-0.39, 0.29) is 17.0 Å². The molecule has 4 nitrogen and oxygen atoms in total. The summed E-state index contributed by atoms with van der Waals surface area (Å²) in [5, 5.41) is 15.4. The SMILES string of the molecule is CNCC(CC1(F)CCCCC1)N1CCC[C@@H]([C@@](O)(CCCCOC)c2cccc(F)c2Cl)C1. The zero-order valence-electron chi connectivity index (χ0n) is 20.9. The topological polar surface area (TPSA) is 44.7 Å². The summed E-state index contributed by atoms with van der Waals surface area (Å²) in [6.07, 6.45) is 8.66. The number of methoxy groups -OCH3 is 1. The number of unbranched alkanes of at least 4 members (excludes halogenated alkanes) is 1. The van der Waals surface area contributed by atoms with Gasteiger partial charge in [-0.2, -0.15) is 0 Å². The smallest absolute Gasteiger partial charge is 0.142 e. The molecule has 7 heteroatoms. The predicted octanol–water partition coefficient (Wildman–Crippen LogP) is 5.85. The van der Waals surface area contributed by atoms with Crippen LogP contribution < -0.4 is 5.32 Å². The van der Waals surface area contributed by atoms with Gasteiger partial charge in [-0.1, -0.05) is 43.0 Å². The van der Waals surface area contributed by atoms with E-state index in [1.165, 1.54) is 6.07 Å². The van der Waals surface area contributed by atoms with Gasteiger partial charge in [0, 0.05) is 44.3 Å². The maximum atomic E-state index is 15.7. The number of ether oxygens (including phenoxy) is 1. The van der Waals surface area contributed by atoms with Crippen LogP contribution in [-0.2, 0) is 10.3 Å². The molecule has 1 aromatic rings. The van der Waals surface area contributed by atoms with Crippen LogP contribution in [0.4, 0.5) is 8.78 Å². The molecule has 1 unspecified atom stereocenters. The van der Waals surface area contributed by atoms with Gasteiger partial charge in [0.2, 0.25) is 0 Å². The lowest BCUT2D eigenvalue weighted by Crippen LogP contribution is -2.53. The van der Waals surface area contributed by atoms with Crippen molar-refractivity contribution in [2.24, 2.45) is 5.92 Å². The van der Waals surface area contributed by atoms with Crippen LogP contribution in [0.1, 0.15) is 76.2 Å². The third kappa shape index (κ3) is 6.91. The molecule has 0 radical (unpaired) electrons. The number of aliphatic hydroxyl groups is 1. The van der Waals surface area contributed by atoms with Gasteiger partial charge in [-0.25, -0.2) is 8.78 Å². The summed E-state index contributed by atoms with van der Waals surface area (Å²) in [7, 11) is 3.58. The van der Waals surface area contributed by atoms with Crippen molar-refractivity contribution in [1.82, 2.24) is 10.2 Å².